The first-order valence-electron chi connectivity index (χ1n) is 4.01. The van der Waals surface area contributed by atoms with E-state index in [-0.39, 0.29) is 5.82 Å². The molecule has 0 saturated heterocycles. The van der Waals surface area contributed by atoms with Crippen LogP contribution < -0.4 is 10.5 Å². The fourth-order valence-electron chi connectivity index (χ4n) is 0.846. The minimum atomic E-state index is -0.304. The van der Waals surface area contributed by atoms with Crippen LogP contribution in [-0.4, -0.2) is 13.2 Å². The maximum Gasteiger partial charge on any atom is 0.165 e. The molecule has 0 radical (unpaired) electrons. The molecule has 0 fully saturated rings. The molecule has 3 heteroatoms. The van der Waals surface area contributed by atoms with Crippen LogP contribution in [0.4, 0.5) is 4.39 Å². The van der Waals surface area contributed by atoms with Crippen molar-refractivity contribution < 1.29 is 14.9 Å². The Morgan fingerprint density at radius 1 is 1.33 bits per heavy atom. The van der Waals surface area contributed by atoms with Crippen molar-refractivity contribution in [3.8, 4) is 5.75 Å². The molecule has 1 aromatic carbocycles. The quantitative estimate of drug-likeness (QED) is 0.668. The third-order valence-corrected chi connectivity index (χ3v) is 1.49. The molecule has 0 amide bonds. The first-order chi connectivity index (χ1) is 5.84. The molecule has 0 bridgehead atoms. The molecule has 0 saturated carbocycles. The standard InChI is InChI=1S/C9H12FNO/c10-8-4-1-2-5-9(8)12-7-3-6-11/h1-2,4-5H,3,6-7,11H2/p+1. The average molecular weight is 170 g/mol. The predicted molar refractivity (Wildman–Crippen MR) is 44.3 cm³/mol. The summed E-state index contributed by atoms with van der Waals surface area (Å²) in [7, 11) is 0. The Kier molecular flexibility index (Phi) is 3.54. The largest absolute Gasteiger partial charge is 0.490 e. The summed E-state index contributed by atoms with van der Waals surface area (Å²) in [6, 6.07) is 6.41. The molecule has 0 atom stereocenters. The molecule has 0 aliphatic rings. The molecule has 12 heavy (non-hydrogen) atoms. The van der Waals surface area contributed by atoms with Crippen LogP contribution in [0.2, 0.25) is 0 Å². The zero-order valence-corrected chi connectivity index (χ0v) is 6.92. The smallest absolute Gasteiger partial charge is 0.165 e. The second-order valence-corrected chi connectivity index (χ2v) is 2.49. The van der Waals surface area contributed by atoms with Gasteiger partial charge in [-0.3, -0.25) is 0 Å². The van der Waals surface area contributed by atoms with Crippen LogP contribution in [0.3, 0.4) is 0 Å². The summed E-state index contributed by atoms with van der Waals surface area (Å²) in [6.07, 6.45) is 0.855. The topological polar surface area (TPSA) is 36.9 Å². The molecular formula is C9H13FNO+. The highest BCUT2D eigenvalue weighted by molar-refractivity contribution is 5.23. The highest BCUT2D eigenvalue weighted by atomic mass is 19.1. The van der Waals surface area contributed by atoms with Gasteiger partial charge in [-0.2, -0.15) is 0 Å². The molecule has 1 rings (SSSR count). The van der Waals surface area contributed by atoms with Gasteiger partial charge in [0.25, 0.3) is 0 Å². The van der Waals surface area contributed by atoms with Crippen molar-refractivity contribution in [3.63, 3.8) is 0 Å². The number of quaternary nitrogens is 1. The molecule has 0 spiro atoms. The number of halogens is 1. The minimum absolute atomic E-state index is 0.304. The van der Waals surface area contributed by atoms with Crippen LogP contribution in [0.25, 0.3) is 0 Å². The lowest BCUT2D eigenvalue weighted by molar-refractivity contribution is -0.368. The summed E-state index contributed by atoms with van der Waals surface area (Å²) in [6.45, 7) is 1.35. The Morgan fingerprint density at radius 2 is 2.08 bits per heavy atom. The van der Waals surface area contributed by atoms with Crippen molar-refractivity contribution >= 4 is 0 Å². The first-order valence-corrected chi connectivity index (χ1v) is 4.01. The number of hydrogen-bond acceptors (Lipinski definition) is 1. The van der Waals surface area contributed by atoms with Crippen LogP contribution in [-0.2, 0) is 0 Å². The molecule has 0 aliphatic carbocycles. The fraction of sp³-hybridized carbons (Fsp3) is 0.333. The lowest BCUT2D eigenvalue weighted by Gasteiger charge is -2.04. The van der Waals surface area contributed by atoms with E-state index in [0.29, 0.717) is 12.4 Å². The van der Waals surface area contributed by atoms with E-state index in [1.807, 2.05) is 0 Å². The van der Waals surface area contributed by atoms with Gasteiger partial charge >= 0.3 is 0 Å². The van der Waals surface area contributed by atoms with Gasteiger partial charge in [0.15, 0.2) is 11.6 Å². The molecule has 66 valence electrons. The van der Waals surface area contributed by atoms with Gasteiger partial charge in [0.1, 0.15) is 0 Å². The third kappa shape index (κ3) is 2.51. The van der Waals surface area contributed by atoms with E-state index < -0.39 is 0 Å². The van der Waals surface area contributed by atoms with E-state index >= 15 is 0 Å². The lowest BCUT2D eigenvalue weighted by atomic mass is 10.3. The van der Waals surface area contributed by atoms with E-state index in [9.17, 15) is 4.39 Å². The molecule has 1 aromatic rings. The highest BCUT2D eigenvalue weighted by Crippen LogP contribution is 2.14. The summed E-state index contributed by atoms with van der Waals surface area (Å²) < 4.78 is 18.0. The van der Waals surface area contributed by atoms with Gasteiger partial charge in [0, 0.05) is 6.42 Å². The van der Waals surface area contributed by atoms with Crippen LogP contribution in [0.1, 0.15) is 6.42 Å². The second kappa shape index (κ2) is 4.72. The minimum Gasteiger partial charge on any atom is -0.490 e. The van der Waals surface area contributed by atoms with Gasteiger partial charge in [-0.15, -0.1) is 0 Å². The molecule has 0 heterocycles. The Labute approximate surface area is 71.1 Å². The van der Waals surface area contributed by atoms with Gasteiger partial charge in [0.2, 0.25) is 0 Å². The lowest BCUT2D eigenvalue weighted by Crippen LogP contribution is -2.50. The second-order valence-electron chi connectivity index (χ2n) is 2.49. The summed E-state index contributed by atoms with van der Waals surface area (Å²) in [5, 5.41) is 0. The monoisotopic (exact) mass is 170 g/mol. The van der Waals surface area contributed by atoms with Gasteiger partial charge in [-0.1, -0.05) is 12.1 Å². The van der Waals surface area contributed by atoms with Gasteiger partial charge in [-0.05, 0) is 12.1 Å². The number of rotatable bonds is 4. The highest BCUT2D eigenvalue weighted by Gasteiger charge is 1.99. The Hall–Kier alpha value is -1.09. The summed E-state index contributed by atoms with van der Waals surface area (Å²) in [5.41, 5.74) is 3.67. The molecule has 3 N–H and O–H groups in total. The van der Waals surface area contributed by atoms with Crippen LogP contribution in [0.5, 0.6) is 5.75 Å². The van der Waals surface area contributed by atoms with E-state index in [1.165, 1.54) is 6.07 Å². The molecular weight excluding hydrogens is 157 g/mol. The van der Waals surface area contributed by atoms with Crippen molar-refractivity contribution in [1.29, 1.82) is 0 Å². The number of benzene rings is 1. The summed E-state index contributed by atoms with van der Waals surface area (Å²) >= 11 is 0. The van der Waals surface area contributed by atoms with Gasteiger partial charge < -0.3 is 10.5 Å². The third-order valence-electron chi connectivity index (χ3n) is 1.49. The van der Waals surface area contributed by atoms with Crippen LogP contribution in [0, 0.1) is 5.82 Å². The molecule has 2 nitrogen and oxygen atoms in total. The predicted octanol–water partition coefficient (Wildman–Crippen LogP) is 0.836. The Bertz CT molecular complexity index is 240. The van der Waals surface area contributed by atoms with Crippen molar-refractivity contribution in [1.82, 2.24) is 0 Å². The van der Waals surface area contributed by atoms with Crippen molar-refractivity contribution in [2.45, 2.75) is 6.42 Å². The molecule has 0 unspecified atom stereocenters. The van der Waals surface area contributed by atoms with Crippen molar-refractivity contribution in [2.75, 3.05) is 13.2 Å². The van der Waals surface area contributed by atoms with E-state index in [1.54, 1.807) is 18.2 Å². The van der Waals surface area contributed by atoms with Crippen molar-refractivity contribution in [3.05, 3.63) is 30.1 Å². The number of ether oxygens (including phenoxy) is 1. The normalized spacial score (nSPS) is 9.83. The van der Waals surface area contributed by atoms with Gasteiger partial charge in [0.05, 0.1) is 13.2 Å². The Morgan fingerprint density at radius 3 is 2.75 bits per heavy atom. The maximum absolute atomic E-state index is 12.9. The van der Waals surface area contributed by atoms with Crippen molar-refractivity contribution in [2.24, 2.45) is 0 Å². The van der Waals surface area contributed by atoms with E-state index in [2.05, 4.69) is 5.73 Å². The number of hydrogen-bond donors (Lipinski definition) is 1. The van der Waals surface area contributed by atoms with Crippen LogP contribution >= 0.6 is 0 Å². The van der Waals surface area contributed by atoms with Crippen LogP contribution in [0.15, 0.2) is 24.3 Å². The molecule has 0 aliphatic heterocycles. The maximum atomic E-state index is 12.9. The fourth-order valence-corrected chi connectivity index (χ4v) is 0.846. The van der Waals surface area contributed by atoms with E-state index in [0.717, 1.165) is 13.0 Å². The Balaban J connectivity index is 2.46. The summed E-state index contributed by atoms with van der Waals surface area (Å²) in [5.74, 6) is 0.0208. The summed E-state index contributed by atoms with van der Waals surface area (Å²) in [4.78, 5) is 0. The van der Waals surface area contributed by atoms with E-state index in [4.69, 9.17) is 4.74 Å². The number of para-hydroxylation sites is 1. The first kappa shape index (κ1) is 9.00. The zero-order chi connectivity index (χ0) is 8.81. The molecule has 0 aromatic heterocycles. The average Bonchev–Trinajstić information content (AvgIpc) is 2.09. The zero-order valence-electron chi connectivity index (χ0n) is 6.92. The van der Waals surface area contributed by atoms with Gasteiger partial charge in [-0.25, -0.2) is 4.39 Å². The SMILES string of the molecule is [NH3+]CCCOc1ccccc1F.